The zero-order valence-electron chi connectivity index (χ0n) is 11.1. The van der Waals surface area contributed by atoms with Crippen LogP contribution in [0.15, 0.2) is 34.8 Å². The number of nitrogens with zero attached hydrogens (tertiary/aromatic N) is 1. The highest BCUT2D eigenvalue weighted by Gasteiger charge is 2.11. The lowest BCUT2D eigenvalue weighted by molar-refractivity contribution is 0.102. The van der Waals surface area contributed by atoms with Crippen molar-refractivity contribution in [2.45, 2.75) is 20.8 Å². The van der Waals surface area contributed by atoms with Gasteiger partial charge >= 0.3 is 0 Å². The molecule has 0 radical (unpaired) electrons. The molecule has 98 valence electrons. The van der Waals surface area contributed by atoms with E-state index in [2.05, 4.69) is 26.2 Å². The van der Waals surface area contributed by atoms with Gasteiger partial charge in [-0.15, -0.1) is 0 Å². The van der Waals surface area contributed by atoms with E-state index in [0.717, 1.165) is 21.3 Å². The van der Waals surface area contributed by atoms with Crippen LogP contribution in [0.1, 0.15) is 27.2 Å². The number of halogens is 1. The molecule has 1 amide bonds. The van der Waals surface area contributed by atoms with Crippen molar-refractivity contribution in [3.05, 3.63) is 57.2 Å². The van der Waals surface area contributed by atoms with Crippen LogP contribution in [-0.4, -0.2) is 10.9 Å². The molecule has 0 bridgehead atoms. The zero-order valence-corrected chi connectivity index (χ0v) is 12.7. The molecular weight excluding hydrogens is 304 g/mol. The molecule has 0 aliphatic heterocycles. The summed E-state index contributed by atoms with van der Waals surface area (Å²) < 4.78 is 0.928. The molecule has 0 aliphatic rings. The maximum atomic E-state index is 12.2. The Morgan fingerprint density at radius 2 is 1.89 bits per heavy atom. The summed E-state index contributed by atoms with van der Waals surface area (Å²) >= 11 is 3.39. The molecule has 0 atom stereocenters. The molecule has 19 heavy (non-hydrogen) atoms. The van der Waals surface area contributed by atoms with Gasteiger partial charge in [-0.05, 0) is 66.0 Å². The number of aromatic nitrogens is 1. The summed E-state index contributed by atoms with van der Waals surface area (Å²) in [4.78, 5) is 16.5. The van der Waals surface area contributed by atoms with Crippen LogP contribution in [-0.2, 0) is 0 Å². The van der Waals surface area contributed by atoms with E-state index in [1.807, 2.05) is 45.0 Å². The number of anilines is 1. The molecular formula is C15H15BrN2O. The third kappa shape index (κ3) is 3.01. The molecule has 1 heterocycles. The molecule has 2 rings (SSSR count). The summed E-state index contributed by atoms with van der Waals surface area (Å²) in [6.07, 6.45) is 0. The number of nitrogens with one attached hydrogen (secondary N) is 1. The largest absolute Gasteiger partial charge is 0.307 e. The summed E-state index contributed by atoms with van der Waals surface area (Å²) in [5.74, 6) is 0.432. The van der Waals surface area contributed by atoms with Crippen LogP contribution in [0.25, 0.3) is 0 Å². The van der Waals surface area contributed by atoms with E-state index < -0.39 is 0 Å². The maximum absolute atomic E-state index is 12.2. The zero-order chi connectivity index (χ0) is 14.0. The predicted molar refractivity (Wildman–Crippen MR) is 80.5 cm³/mol. The van der Waals surface area contributed by atoms with Crippen molar-refractivity contribution in [3.63, 3.8) is 0 Å². The Morgan fingerprint density at radius 1 is 1.16 bits per heavy atom. The first-order valence-electron chi connectivity index (χ1n) is 6.00. The Hall–Kier alpha value is -1.68. The lowest BCUT2D eigenvalue weighted by Crippen LogP contribution is -2.15. The number of amides is 1. The Bertz CT molecular complexity index is 638. The molecule has 0 spiro atoms. The number of pyridine rings is 1. The van der Waals surface area contributed by atoms with Gasteiger partial charge in [0.15, 0.2) is 0 Å². The minimum Gasteiger partial charge on any atom is -0.307 e. The number of carbonyl (C=O) groups excluding carboxylic acids is 1. The van der Waals surface area contributed by atoms with Gasteiger partial charge in [0.2, 0.25) is 0 Å². The summed E-state index contributed by atoms with van der Waals surface area (Å²) in [6, 6.07) is 9.36. The minimum absolute atomic E-state index is 0.129. The van der Waals surface area contributed by atoms with E-state index in [1.54, 1.807) is 6.07 Å². The van der Waals surface area contributed by atoms with E-state index in [1.165, 1.54) is 0 Å². The second kappa shape index (κ2) is 5.53. The first-order chi connectivity index (χ1) is 8.99. The van der Waals surface area contributed by atoms with Crippen molar-refractivity contribution in [3.8, 4) is 0 Å². The van der Waals surface area contributed by atoms with E-state index in [4.69, 9.17) is 0 Å². The molecule has 0 unspecified atom stereocenters. The lowest BCUT2D eigenvalue weighted by atomic mass is 10.0. The van der Waals surface area contributed by atoms with Crippen LogP contribution in [0.3, 0.4) is 0 Å². The first-order valence-corrected chi connectivity index (χ1v) is 6.79. The fourth-order valence-electron chi connectivity index (χ4n) is 1.79. The standard InChI is InChI=1S/C15H15BrN2O/c1-9-5-4-6-12(10(9)2)15(19)18-14-8-7-13(16)11(3)17-14/h4-8H,1-3H3,(H,17,18,19). The van der Waals surface area contributed by atoms with Gasteiger partial charge in [0.25, 0.3) is 5.91 Å². The quantitative estimate of drug-likeness (QED) is 0.908. The molecule has 0 saturated heterocycles. The molecule has 4 heteroatoms. The smallest absolute Gasteiger partial charge is 0.257 e. The molecule has 2 aromatic rings. The van der Waals surface area contributed by atoms with E-state index in [-0.39, 0.29) is 5.91 Å². The van der Waals surface area contributed by atoms with Gasteiger partial charge in [-0.2, -0.15) is 0 Å². The van der Waals surface area contributed by atoms with Gasteiger partial charge < -0.3 is 5.32 Å². The van der Waals surface area contributed by atoms with Crippen molar-refractivity contribution in [1.82, 2.24) is 4.98 Å². The third-order valence-electron chi connectivity index (χ3n) is 3.11. The summed E-state index contributed by atoms with van der Waals surface area (Å²) in [5, 5.41) is 2.82. The van der Waals surface area contributed by atoms with Gasteiger partial charge in [-0.3, -0.25) is 4.79 Å². The Balaban J connectivity index is 2.26. The van der Waals surface area contributed by atoms with Crippen molar-refractivity contribution >= 4 is 27.7 Å². The number of hydrogen-bond donors (Lipinski definition) is 1. The Kier molecular flexibility index (Phi) is 4.00. The molecule has 0 fully saturated rings. The number of aryl methyl sites for hydroxylation is 2. The highest BCUT2D eigenvalue weighted by atomic mass is 79.9. The van der Waals surface area contributed by atoms with Crippen molar-refractivity contribution < 1.29 is 4.79 Å². The van der Waals surface area contributed by atoms with Crippen LogP contribution in [0, 0.1) is 20.8 Å². The monoisotopic (exact) mass is 318 g/mol. The number of hydrogen-bond acceptors (Lipinski definition) is 2. The molecule has 0 saturated carbocycles. The predicted octanol–water partition coefficient (Wildman–Crippen LogP) is 4.02. The topological polar surface area (TPSA) is 42.0 Å². The summed E-state index contributed by atoms with van der Waals surface area (Å²) in [5.41, 5.74) is 3.63. The first kappa shape index (κ1) is 13.7. The molecule has 1 N–H and O–H groups in total. The third-order valence-corrected chi connectivity index (χ3v) is 3.95. The highest BCUT2D eigenvalue weighted by molar-refractivity contribution is 9.10. The lowest BCUT2D eigenvalue weighted by Gasteiger charge is -2.09. The molecule has 1 aromatic carbocycles. The summed E-state index contributed by atoms with van der Waals surface area (Å²) in [6.45, 7) is 5.83. The average Bonchev–Trinajstić information content (AvgIpc) is 2.37. The molecule has 3 nitrogen and oxygen atoms in total. The average molecular weight is 319 g/mol. The fourth-order valence-corrected chi connectivity index (χ4v) is 2.02. The van der Waals surface area contributed by atoms with Crippen LogP contribution in [0.4, 0.5) is 5.82 Å². The second-order valence-corrected chi connectivity index (χ2v) is 5.32. The Morgan fingerprint density at radius 3 is 2.58 bits per heavy atom. The number of benzene rings is 1. The van der Waals surface area contributed by atoms with Gasteiger partial charge in [0, 0.05) is 10.0 Å². The minimum atomic E-state index is -0.129. The van der Waals surface area contributed by atoms with Gasteiger partial charge in [0.05, 0.1) is 5.69 Å². The van der Waals surface area contributed by atoms with Crippen molar-refractivity contribution in [2.75, 3.05) is 5.32 Å². The normalized spacial score (nSPS) is 10.3. The van der Waals surface area contributed by atoms with E-state index in [0.29, 0.717) is 11.4 Å². The van der Waals surface area contributed by atoms with Gasteiger partial charge in [0.1, 0.15) is 5.82 Å². The van der Waals surface area contributed by atoms with Crippen molar-refractivity contribution in [2.24, 2.45) is 0 Å². The number of rotatable bonds is 2. The van der Waals surface area contributed by atoms with E-state index in [9.17, 15) is 4.79 Å². The molecule has 0 aliphatic carbocycles. The summed E-state index contributed by atoms with van der Waals surface area (Å²) in [7, 11) is 0. The highest BCUT2D eigenvalue weighted by Crippen LogP contribution is 2.18. The van der Waals surface area contributed by atoms with E-state index >= 15 is 0 Å². The van der Waals surface area contributed by atoms with Crippen LogP contribution in [0.2, 0.25) is 0 Å². The van der Waals surface area contributed by atoms with Gasteiger partial charge in [-0.1, -0.05) is 12.1 Å². The Labute approximate surface area is 121 Å². The maximum Gasteiger partial charge on any atom is 0.257 e. The van der Waals surface area contributed by atoms with Gasteiger partial charge in [-0.25, -0.2) is 4.98 Å². The SMILES string of the molecule is Cc1cccc(C(=O)Nc2ccc(Br)c(C)n2)c1C. The number of carbonyl (C=O) groups is 1. The second-order valence-electron chi connectivity index (χ2n) is 4.47. The van der Waals surface area contributed by atoms with Crippen LogP contribution >= 0.6 is 15.9 Å². The van der Waals surface area contributed by atoms with Crippen LogP contribution in [0.5, 0.6) is 0 Å². The van der Waals surface area contributed by atoms with Crippen LogP contribution < -0.4 is 5.32 Å². The fraction of sp³-hybridized carbons (Fsp3) is 0.200. The van der Waals surface area contributed by atoms with Crippen molar-refractivity contribution in [1.29, 1.82) is 0 Å². The molecule has 1 aromatic heterocycles.